The highest BCUT2D eigenvalue weighted by atomic mass is 32.1. The maximum Gasteiger partial charge on any atom is 0.220 e. The first-order valence-electron chi connectivity index (χ1n) is 6.22. The summed E-state index contributed by atoms with van der Waals surface area (Å²) in [5, 5.41) is 4.72. The molecule has 0 aliphatic rings. The van der Waals surface area contributed by atoms with Gasteiger partial charge in [-0.1, -0.05) is 26.8 Å². The van der Waals surface area contributed by atoms with Gasteiger partial charge in [0, 0.05) is 16.7 Å². The van der Waals surface area contributed by atoms with Crippen molar-refractivity contribution < 1.29 is 9.59 Å². The second kappa shape index (κ2) is 6.69. The van der Waals surface area contributed by atoms with E-state index in [-0.39, 0.29) is 23.7 Å². The third-order valence-electron chi connectivity index (χ3n) is 2.69. The molecule has 0 unspecified atom stereocenters. The molecule has 0 atom stereocenters. The van der Waals surface area contributed by atoms with Crippen LogP contribution in [0.1, 0.15) is 38.5 Å². The van der Waals surface area contributed by atoms with Crippen LogP contribution in [0.3, 0.4) is 0 Å². The Hall–Kier alpha value is -1.16. The van der Waals surface area contributed by atoms with Crippen molar-refractivity contribution >= 4 is 23.0 Å². The lowest BCUT2D eigenvalue weighted by Gasteiger charge is -2.16. The molecule has 3 nitrogen and oxygen atoms in total. The summed E-state index contributed by atoms with van der Waals surface area (Å²) in [6.45, 7) is 5.72. The number of ketones is 1. The van der Waals surface area contributed by atoms with Gasteiger partial charge < -0.3 is 5.32 Å². The lowest BCUT2D eigenvalue weighted by molar-refractivity contribution is -0.129. The minimum atomic E-state index is -0.385. The molecule has 0 spiro atoms. The van der Waals surface area contributed by atoms with Crippen LogP contribution < -0.4 is 5.32 Å². The second-order valence-corrected chi connectivity index (χ2v) is 6.42. The van der Waals surface area contributed by atoms with Crippen molar-refractivity contribution in [3.63, 3.8) is 0 Å². The zero-order valence-electron chi connectivity index (χ0n) is 11.3. The number of aryl methyl sites for hydroxylation is 1. The van der Waals surface area contributed by atoms with Gasteiger partial charge in [-0.05, 0) is 24.3 Å². The van der Waals surface area contributed by atoms with Gasteiger partial charge in [0.15, 0.2) is 5.78 Å². The largest absolute Gasteiger partial charge is 0.349 e. The minimum Gasteiger partial charge on any atom is -0.349 e. The third-order valence-corrected chi connectivity index (χ3v) is 3.63. The second-order valence-electron chi connectivity index (χ2n) is 5.38. The normalized spacial score (nSPS) is 11.3. The summed E-state index contributed by atoms with van der Waals surface area (Å²) in [5.41, 5.74) is -0.385. The Kier molecular flexibility index (Phi) is 5.54. The number of hydrogen-bond donors (Lipinski definition) is 1. The van der Waals surface area contributed by atoms with Crippen molar-refractivity contribution in [2.45, 2.75) is 40.0 Å². The molecule has 0 fully saturated rings. The Morgan fingerprint density at radius 1 is 1.33 bits per heavy atom. The molecule has 1 N–H and O–H groups in total. The first-order chi connectivity index (χ1) is 8.39. The van der Waals surface area contributed by atoms with Gasteiger partial charge in [0.2, 0.25) is 5.91 Å². The van der Waals surface area contributed by atoms with Gasteiger partial charge in [0.1, 0.15) is 0 Å². The molecular weight excluding hydrogens is 246 g/mol. The van der Waals surface area contributed by atoms with Crippen LogP contribution in [-0.4, -0.2) is 18.2 Å². The number of carbonyl (C=O) groups excluding carboxylic acids is 2. The van der Waals surface area contributed by atoms with Crippen molar-refractivity contribution in [2.24, 2.45) is 5.41 Å². The van der Waals surface area contributed by atoms with Crippen molar-refractivity contribution in [2.75, 3.05) is 6.54 Å². The van der Waals surface area contributed by atoms with E-state index >= 15 is 0 Å². The fourth-order valence-corrected chi connectivity index (χ4v) is 2.16. The SMILES string of the molecule is CC(C)(C)C(=O)CNC(=O)CCCc1cccs1. The van der Waals surface area contributed by atoms with E-state index in [4.69, 9.17) is 0 Å². The number of hydrogen-bond acceptors (Lipinski definition) is 3. The molecule has 100 valence electrons. The number of amides is 1. The van der Waals surface area contributed by atoms with Gasteiger partial charge in [-0.3, -0.25) is 9.59 Å². The summed E-state index contributed by atoms with van der Waals surface area (Å²) in [7, 11) is 0. The predicted molar refractivity (Wildman–Crippen MR) is 74.7 cm³/mol. The van der Waals surface area contributed by atoms with Gasteiger partial charge in [-0.25, -0.2) is 0 Å². The summed E-state index contributed by atoms with van der Waals surface area (Å²) in [6, 6.07) is 4.09. The predicted octanol–water partition coefficient (Wildman–Crippen LogP) is 2.80. The van der Waals surface area contributed by atoms with E-state index in [1.807, 2.05) is 32.2 Å². The molecule has 0 saturated heterocycles. The number of Topliss-reactive ketones (excluding diaryl/α,β-unsaturated/α-hetero) is 1. The average Bonchev–Trinajstić information content (AvgIpc) is 2.77. The Balaban J connectivity index is 2.16. The fraction of sp³-hybridized carbons (Fsp3) is 0.571. The lowest BCUT2D eigenvalue weighted by Crippen LogP contribution is -2.35. The fourth-order valence-electron chi connectivity index (χ4n) is 1.41. The van der Waals surface area contributed by atoms with E-state index in [9.17, 15) is 9.59 Å². The van der Waals surface area contributed by atoms with Crippen LogP contribution in [0, 0.1) is 5.41 Å². The van der Waals surface area contributed by atoms with Crippen LogP contribution >= 0.6 is 11.3 Å². The summed E-state index contributed by atoms with van der Waals surface area (Å²) in [5.74, 6) is 0.0262. The Labute approximate surface area is 113 Å². The van der Waals surface area contributed by atoms with Crippen LogP contribution in [-0.2, 0) is 16.0 Å². The van der Waals surface area contributed by atoms with Crippen LogP contribution in [0.2, 0.25) is 0 Å². The molecule has 1 amide bonds. The Morgan fingerprint density at radius 2 is 2.06 bits per heavy atom. The molecule has 0 aromatic carbocycles. The van der Waals surface area contributed by atoms with Crippen molar-refractivity contribution in [1.29, 1.82) is 0 Å². The van der Waals surface area contributed by atoms with Crippen molar-refractivity contribution in [3.05, 3.63) is 22.4 Å². The first-order valence-corrected chi connectivity index (χ1v) is 7.10. The van der Waals surface area contributed by atoms with Gasteiger partial charge in [0.05, 0.1) is 6.54 Å². The minimum absolute atomic E-state index is 0.0378. The van der Waals surface area contributed by atoms with E-state index in [0.29, 0.717) is 6.42 Å². The van der Waals surface area contributed by atoms with Crippen LogP contribution in [0.4, 0.5) is 0 Å². The maximum atomic E-state index is 11.6. The average molecular weight is 267 g/mol. The summed E-state index contributed by atoms with van der Waals surface area (Å²) < 4.78 is 0. The summed E-state index contributed by atoms with van der Waals surface area (Å²) >= 11 is 1.71. The molecule has 0 aliphatic heterocycles. The number of thiophene rings is 1. The Bertz CT molecular complexity index is 390. The quantitative estimate of drug-likeness (QED) is 0.861. The van der Waals surface area contributed by atoms with E-state index in [1.54, 1.807) is 11.3 Å². The molecule has 0 aliphatic carbocycles. The zero-order chi connectivity index (χ0) is 13.6. The first kappa shape index (κ1) is 14.9. The molecular formula is C14H21NO2S. The molecule has 18 heavy (non-hydrogen) atoms. The van der Waals surface area contributed by atoms with E-state index in [2.05, 4.69) is 11.4 Å². The van der Waals surface area contributed by atoms with Crippen molar-refractivity contribution in [3.8, 4) is 0 Å². The van der Waals surface area contributed by atoms with Gasteiger partial charge >= 0.3 is 0 Å². The van der Waals surface area contributed by atoms with Crippen LogP contribution in [0.5, 0.6) is 0 Å². The number of nitrogens with one attached hydrogen (secondary N) is 1. The molecule has 1 heterocycles. The standard InChI is InChI=1S/C14H21NO2S/c1-14(2,3)12(16)10-15-13(17)8-4-6-11-7-5-9-18-11/h5,7,9H,4,6,8,10H2,1-3H3,(H,15,17). The molecule has 1 aromatic heterocycles. The highest BCUT2D eigenvalue weighted by Gasteiger charge is 2.21. The number of carbonyl (C=O) groups is 2. The lowest BCUT2D eigenvalue weighted by atomic mass is 9.91. The van der Waals surface area contributed by atoms with E-state index in [0.717, 1.165) is 12.8 Å². The zero-order valence-corrected chi connectivity index (χ0v) is 12.1. The molecule has 1 aromatic rings. The monoisotopic (exact) mass is 267 g/mol. The highest BCUT2D eigenvalue weighted by Crippen LogP contribution is 2.14. The van der Waals surface area contributed by atoms with Gasteiger partial charge in [-0.2, -0.15) is 0 Å². The molecule has 0 saturated carbocycles. The summed E-state index contributed by atoms with van der Waals surface area (Å²) in [6.07, 6.45) is 2.24. The van der Waals surface area contributed by atoms with Gasteiger partial charge in [0.25, 0.3) is 0 Å². The number of rotatable bonds is 6. The molecule has 1 rings (SSSR count). The summed E-state index contributed by atoms with van der Waals surface area (Å²) in [4.78, 5) is 24.5. The van der Waals surface area contributed by atoms with E-state index < -0.39 is 0 Å². The topological polar surface area (TPSA) is 46.2 Å². The maximum absolute atomic E-state index is 11.6. The molecule has 4 heteroatoms. The van der Waals surface area contributed by atoms with Crippen molar-refractivity contribution in [1.82, 2.24) is 5.32 Å². The molecule has 0 radical (unpaired) electrons. The van der Waals surface area contributed by atoms with Crippen LogP contribution in [0.15, 0.2) is 17.5 Å². The molecule has 0 bridgehead atoms. The highest BCUT2D eigenvalue weighted by molar-refractivity contribution is 7.09. The third kappa shape index (κ3) is 5.45. The van der Waals surface area contributed by atoms with Gasteiger partial charge in [-0.15, -0.1) is 11.3 Å². The van der Waals surface area contributed by atoms with Crippen LogP contribution in [0.25, 0.3) is 0 Å². The Morgan fingerprint density at radius 3 is 2.61 bits per heavy atom. The smallest absolute Gasteiger partial charge is 0.220 e. The van der Waals surface area contributed by atoms with E-state index in [1.165, 1.54) is 4.88 Å².